The normalized spacial score (nSPS) is 17.6. The van der Waals surface area contributed by atoms with Crippen molar-refractivity contribution in [2.45, 2.75) is 32.4 Å². The number of carbonyl (C=O) groups is 1. The van der Waals surface area contributed by atoms with E-state index in [2.05, 4.69) is 20.6 Å². The topological polar surface area (TPSA) is 121 Å². The molecule has 11 heteroatoms. The quantitative estimate of drug-likeness (QED) is 0.308. The number of nitrogens with one attached hydrogen (secondary N) is 2. The van der Waals surface area contributed by atoms with Crippen molar-refractivity contribution in [2.75, 3.05) is 24.6 Å². The largest absolute Gasteiger partial charge is 0.492 e. The highest BCUT2D eigenvalue weighted by atomic mass is 19.1. The lowest BCUT2D eigenvalue weighted by molar-refractivity contribution is 0.0796. The van der Waals surface area contributed by atoms with E-state index in [9.17, 15) is 14.3 Å². The number of β-amino-alcohol motifs (C(OH)–C–C–N with tert-alkyl or cyclic N) is 1. The number of rotatable bonds is 6. The zero-order valence-corrected chi connectivity index (χ0v) is 21.6. The molecule has 1 aliphatic heterocycles. The van der Waals surface area contributed by atoms with Crippen molar-refractivity contribution in [3.8, 4) is 16.9 Å². The first-order valence-electron chi connectivity index (χ1n) is 12.9. The summed E-state index contributed by atoms with van der Waals surface area (Å²) >= 11 is 0. The van der Waals surface area contributed by atoms with Crippen LogP contribution in [0.25, 0.3) is 27.7 Å². The number of aromatic amines is 1. The molecule has 0 saturated carbocycles. The molecule has 2 atom stereocenters. The second-order valence-corrected chi connectivity index (χ2v) is 9.69. The maximum absolute atomic E-state index is 13.6. The second kappa shape index (κ2) is 9.99. The molecule has 39 heavy (non-hydrogen) atoms. The number of piperidine rings is 1. The Balaban J connectivity index is 1.20. The number of benzene rings is 1. The summed E-state index contributed by atoms with van der Waals surface area (Å²) in [6.07, 6.45) is 5.12. The molecule has 0 unspecified atom stereocenters. The van der Waals surface area contributed by atoms with E-state index in [1.54, 1.807) is 29.9 Å². The number of aliphatic hydroxyl groups is 1. The first kappa shape index (κ1) is 24.8. The standard InChI is InChI=1S/C28H28FN7O3/c1-3-39-19-11-21(26-22-13-31-33-27(22)34-36(26)14-19)17-5-7-25(30-12-17)35-9-8-23(24(37)15-35)32-28(38)20-10-18(29)6-4-16(20)2/h4-7,10-14,23-24,37H,3,8-9,15H2,1-2H3,(H,32,38)(H,33,34)/t23-,24+/m0/s1. The number of carbonyl (C=O) groups excluding carboxylic acids is 1. The number of halogens is 1. The van der Waals surface area contributed by atoms with Crippen LogP contribution in [0.15, 0.2) is 55.0 Å². The van der Waals surface area contributed by atoms with Gasteiger partial charge in [-0.1, -0.05) is 6.07 Å². The molecule has 4 aromatic heterocycles. The Kier molecular flexibility index (Phi) is 6.35. The summed E-state index contributed by atoms with van der Waals surface area (Å²) in [4.78, 5) is 19.4. The summed E-state index contributed by atoms with van der Waals surface area (Å²) in [7, 11) is 0. The summed E-state index contributed by atoms with van der Waals surface area (Å²) in [5, 5.41) is 26.2. The van der Waals surface area contributed by atoms with E-state index in [0.29, 0.717) is 43.1 Å². The Labute approximate surface area is 223 Å². The van der Waals surface area contributed by atoms with E-state index >= 15 is 0 Å². The van der Waals surface area contributed by atoms with Crippen LogP contribution in [0.3, 0.4) is 0 Å². The number of aryl methyl sites for hydroxylation is 1. The minimum absolute atomic E-state index is 0.273. The van der Waals surface area contributed by atoms with Crippen molar-refractivity contribution in [3.63, 3.8) is 0 Å². The van der Waals surface area contributed by atoms with Crippen LogP contribution in [0.4, 0.5) is 10.2 Å². The predicted molar refractivity (Wildman–Crippen MR) is 144 cm³/mol. The summed E-state index contributed by atoms with van der Waals surface area (Å²) in [6, 6.07) is 9.55. The SMILES string of the molecule is CCOc1cc(-c2ccc(N3CC[C@H](NC(=O)c4cc(F)ccc4C)[C@H](O)C3)nc2)c2c3cn[nH]c3nn2c1. The Bertz CT molecular complexity index is 1660. The van der Waals surface area contributed by atoms with Crippen LogP contribution in [0.2, 0.25) is 0 Å². The van der Waals surface area contributed by atoms with Gasteiger partial charge < -0.3 is 20.1 Å². The van der Waals surface area contributed by atoms with Gasteiger partial charge in [-0.15, -0.1) is 5.10 Å². The summed E-state index contributed by atoms with van der Waals surface area (Å²) in [5.41, 5.74) is 4.34. The minimum Gasteiger partial charge on any atom is -0.492 e. The minimum atomic E-state index is -0.804. The fraction of sp³-hybridized carbons (Fsp3) is 0.286. The number of amides is 1. The fourth-order valence-electron chi connectivity index (χ4n) is 5.13. The molecular formula is C28H28FN7O3. The van der Waals surface area contributed by atoms with Gasteiger partial charge in [0.1, 0.15) is 17.4 Å². The molecule has 1 aliphatic rings. The number of H-pyrrole nitrogens is 1. The third kappa shape index (κ3) is 4.65. The van der Waals surface area contributed by atoms with Crippen LogP contribution in [0.1, 0.15) is 29.3 Å². The van der Waals surface area contributed by atoms with Gasteiger partial charge in [0, 0.05) is 36.0 Å². The van der Waals surface area contributed by atoms with Crippen LogP contribution < -0.4 is 15.0 Å². The monoisotopic (exact) mass is 529 g/mol. The second-order valence-electron chi connectivity index (χ2n) is 9.69. The molecule has 200 valence electrons. The lowest BCUT2D eigenvalue weighted by Gasteiger charge is -2.37. The zero-order chi connectivity index (χ0) is 27.1. The lowest BCUT2D eigenvalue weighted by Crippen LogP contribution is -2.54. The molecule has 3 N–H and O–H groups in total. The molecule has 1 saturated heterocycles. The van der Waals surface area contributed by atoms with Gasteiger partial charge in [0.2, 0.25) is 0 Å². The van der Waals surface area contributed by atoms with Crippen LogP contribution in [0.5, 0.6) is 5.75 Å². The zero-order valence-electron chi connectivity index (χ0n) is 21.6. The highest BCUT2D eigenvalue weighted by molar-refractivity contribution is 6.01. The van der Waals surface area contributed by atoms with Gasteiger partial charge in [0.05, 0.1) is 42.0 Å². The van der Waals surface area contributed by atoms with Crippen molar-refractivity contribution < 1.29 is 19.0 Å². The van der Waals surface area contributed by atoms with E-state index in [1.165, 1.54) is 12.1 Å². The van der Waals surface area contributed by atoms with Crippen LogP contribution in [-0.4, -0.2) is 67.7 Å². The molecule has 1 fully saturated rings. The third-order valence-electron chi connectivity index (χ3n) is 7.14. The van der Waals surface area contributed by atoms with Gasteiger partial charge in [-0.25, -0.2) is 13.9 Å². The average molecular weight is 530 g/mol. The highest BCUT2D eigenvalue weighted by Crippen LogP contribution is 2.33. The van der Waals surface area contributed by atoms with E-state index in [4.69, 9.17) is 9.72 Å². The molecule has 0 radical (unpaired) electrons. The summed E-state index contributed by atoms with van der Waals surface area (Å²) in [6.45, 7) is 5.12. The van der Waals surface area contributed by atoms with E-state index in [0.717, 1.165) is 27.8 Å². The smallest absolute Gasteiger partial charge is 0.251 e. The fourth-order valence-corrected chi connectivity index (χ4v) is 5.13. The van der Waals surface area contributed by atoms with Gasteiger partial charge in [-0.2, -0.15) is 5.10 Å². The number of ether oxygens (including phenoxy) is 1. The number of aliphatic hydroxyl groups excluding tert-OH is 1. The first-order valence-corrected chi connectivity index (χ1v) is 12.9. The molecular weight excluding hydrogens is 501 g/mol. The maximum atomic E-state index is 13.6. The molecule has 6 rings (SSSR count). The molecule has 0 aliphatic carbocycles. The molecule has 1 aromatic carbocycles. The molecule has 0 bridgehead atoms. The first-order chi connectivity index (χ1) is 18.9. The van der Waals surface area contributed by atoms with Crippen molar-refractivity contribution in [1.29, 1.82) is 0 Å². The van der Waals surface area contributed by atoms with E-state index in [1.807, 2.05) is 36.2 Å². The Morgan fingerprint density at radius 3 is 2.90 bits per heavy atom. The number of pyridine rings is 2. The molecule has 5 heterocycles. The molecule has 0 spiro atoms. The highest BCUT2D eigenvalue weighted by Gasteiger charge is 2.30. The van der Waals surface area contributed by atoms with Crippen molar-refractivity contribution in [2.24, 2.45) is 0 Å². The van der Waals surface area contributed by atoms with E-state index < -0.39 is 18.0 Å². The number of aromatic nitrogens is 5. The van der Waals surface area contributed by atoms with Crippen LogP contribution in [-0.2, 0) is 0 Å². The van der Waals surface area contributed by atoms with Crippen molar-refractivity contribution in [1.82, 2.24) is 30.1 Å². The number of fused-ring (bicyclic) bond motifs is 3. The van der Waals surface area contributed by atoms with Crippen molar-refractivity contribution >= 4 is 28.3 Å². The lowest BCUT2D eigenvalue weighted by atomic mass is 10.00. The molecule has 10 nitrogen and oxygen atoms in total. The van der Waals surface area contributed by atoms with Gasteiger partial charge in [-0.3, -0.25) is 9.89 Å². The van der Waals surface area contributed by atoms with Gasteiger partial charge in [0.15, 0.2) is 5.65 Å². The Morgan fingerprint density at radius 2 is 2.13 bits per heavy atom. The summed E-state index contributed by atoms with van der Waals surface area (Å²) < 4.78 is 21.2. The number of hydrogen-bond donors (Lipinski definition) is 3. The van der Waals surface area contributed by atoms with Crippen LogP contribution in [0, 0.1) is 12.7 Å². The van der Waals surface area contributed by atoms with Gasteiger partial charge in [-0.05, 0) is 56.2 Å². The Hall–Kier alpha value is -4.51. The Morgan fingerprint density at radius 1 is 1.26 bits per heavy atom. The maximum Gasteiger partial charge on any atom is 0.251 e. The van der Waals surface area contributed by atoms with E-state index in [-0.39, 0.29) is 11.5 Å². The van der Waals surface area contributed by atoms with Crippen LogP contribution >= 0.6 is 0 Å². The van der Waals surface area contributed by atoms with Gasteiger partial charge >= 0.3 is 0 Å². The number of anilines is 1. The number of nitrogens with zero attached hydrogens (tertiary/aromatic N) is 5. The van der Waals surface area contributed by atoms with Crippen molar-refractivity contribution in [3.05, 3.63) is 71.9 Å². The summed E-state index contributed by atoms with van der Waals surface area (Å²) in [5.74, 6) is 0.563. The predicted octanol–water partition coefficient (Wildman–Crippen LogP) is 3.49. The average Bonchev–Trinajstić information content (AvgIpc) is 3.52. The molecule has 5 aromatic rings. The third-order valence-corrected chi connectivity index (χ3v) is 7.14. The molecule has 1 amide bonds. The number of hydrogen-bond acceptors (Lipinski definition) is 7. The van der Waals surface area contributed by atoms with Gasteiger partial charge in [0.25, 0.3) is 5.91 Å².